The Kier molecular flexibility index (Phi) is 7.07. The van der Waals surface area contributed by atoms with Crippen molar-refractivity contribution in [1.29, 1.82) is 0 Å². The van der Waals surface area contributed by atoms with Crippen LogP contribution in [0.5, 0.6) is 11.5 Å². The van der Waals surface area contributed by atoms with Gasteiger partial charge in [0.1, 0.15) is 18.1 Å². The second-order valence-corrected chi connectivity index (χ2v) is 8.17. The van der Waals surface area contributed by atoms with Crippen molar-refractivity contribution in [2.45, 2.75) is 25.5 Å². The lowest BCUT2D eigenvalue weighted by Gasteiger charge is -2.37. The maximum absolute atomic E-state index is 11.4. The largest absolute Gasteiger partial charge is 0.497 e. The van der Waals surface area contributed by atoms with E-state index in [-0.39, 0.29) is 12.0 Å². The molecule has 0 bridgehead atoms. The molecule has 166 valence electrons. The summed E-state index contributed by atoms with van der Waals surface area (Å²) in [7, 11) is 1.67. The van der Waals surface area contributed by atoms with Crippen molar-refractivity contribution >= 4 is 5.97 Å². The molecule has 0 saturated carbocycles. The minimum atomic E-state index is -0.695. The Balaban J connectivity index is 1.60. The van der Waals surface area contributed by atoms with Crippen LogP contribution in [-0.2, 0) is 11.4 Å². The molecule has 32 heavy (non-hydrogen) atoms. The number of piperidine rings is 1. The highest BCUT2D eigenvalue weighted by Crippen LogP contribution is 2.35. The summed E-state index contributed by atoms with van der Waals surface area (Å²) >= 11 is 0. The van der Waals surface area contributed by atoms with Crippen LogP contribution in [0.3, 0.4) is 0 Å². The molecule has 0 amide bonds. The zero-order valence-corrected chi connectivity index (χ0v) is 18.3. The Morgan fingerprint density at radius 3 is 2.19 bits per heavy atom. The van der Waals surface area contributed by atoms with Crippen LogP contribution in [0, 0.1) is 5.92 Å². The smallest absolute Gasteiger partial charge is 0.306 e. The van der Waals surface area contributed by atoms with Gasteiger partial charge >= 0.3 is 5.97 Å². The van der Waals surface area contributed by atoms with Gasteiger partial charge in [0, 0.05) is 0 Å². The molecular weight excluding hydrogens is 402 g/mol. The second-order valence-electron chi connectivity index (χ2n) is 8.17. The van der Waals surface area contributed by atoms with E-state index < -0.39 is 5.97 Å². The minimum Gasteiger partial charge on any atom is -0.497 e. The number of hydrogen-bond donors (Lipinski definition) is 1. The number of rotatable bonds is 8. The van der Waals surface area contributed by atoms with Crippen LogP contribution in [-0.4, -0.2) is 36.2 Å². The molecule has 1 aliphatic rings. The quantitative estimate of drug-likeness (QED) is 0.534. The molecule has 0 spiro atoms. The number of nitrogens with zero attached hydrogens (tertiary/aromatic N) is 1. The first-order chi connectivity index (χ1) is 15.6. The Bertz CT molecular complexity index is 1030. The van der Waals surface area contributed by atoms with E-state index >= 15 is 0 Å². The van der Waals surface area contributed by atoms with E-state index in [0.29, 0.717) is 19.4 Å². The summed E-state index contributed by atoms with van der Waals surface area (Å²) in [6.07, 6.45) is 1.31. The normalized spacial score (nSPS) is 15.8. The summed E-state index contributed by atoms with van der Waals surface area (Å²) in [5, 5.41) is 9.40. The van der Waals surface area contributed by atoms with Crippen molar-refractivity contribution < 1.29 is 19.4 Å². The number of hydrogen-bond acceptors (Lipinski definition) is 4. The molecule has 1 saturated heterocycles. The van der Waals surface area contributed by atoms with Crippen LogP contribution in [0.1, 0.15) is 35.6 Å². The summed E-state index contributed by atoms with van der Waals surface area (Å²) in [4.78, 5) is 13.8. The van der Waals surface area contributed by atoms with E-state index in [1.165, 1.54) is 0 Å². The summed E-state index contributed by atoms with van der Waals surface area (Å²) in [5.41, 5.74) is 3.37. The molecule has 4 rings (SSSR count). The van der Waals surface area contributed by atoms with Gasteiger partial charge in [-0.25, -0.2) is 0 Å². The maximum atomic E-state index is 11.4. The zero-order chi connectivity index (χ0) is 22.3. The van der Waals surface area contributed by atoms with Gasteiger partial charge < -0.3 is 14.6 Å². The molecule has 1 fully saturated rings. The fourth-order valence-electron chi connectivity index (χ4n) is 4.35. The number of likely N-dealkylation sites (tertiary alicyclic amines) is 1. The summed E-state index contributed by atoms with van der Waals surface area (Å²) in [6.45, 7) is 1.97. The van der Waals surface area contributed by atoms with Gasteiger partial charge in [-0.05, 0) is 66.9 Å². The van der Waals surface area contributed by atoms with Crippen LogP contribution in [0.2, 0.25) is 0 Å². The van der Waals surface area contributed by atoms with Crippen molar-refractivity contribution in [2.24, 2.45) is 5.92 Å². The first-order valence-electron chi connectivity index (χ1n) is 11.0. The number of benzene rings is 3. The fourth-order valence-corrected chi connectivity index (χ4v) is 4.35. The molecule has 1 atom stereocenters. The average molecular weight is 432 g/mol. The number of ether oxygens (including phenoxy) is 2. The monoisotopic (exact) mass is 431 g/mol. The third kappa shape index (κ3) is 5.29. The molecule has 1 heterocycles. The van der Waals surface area contributed by atoms with Gasteiger partial charge in [-0.15, -0.1) is 0 Å². The molecular formula is C27H29NO4. The van der Waals surface area contributed by atoms with Gasteiger partial charge in [-0.2, -0.15) is 0 Å². The van der Waals surface area contributed by atoms with Crippen LogP contribution in [0.4, 0.5) is 0 Å². The zero-order valence-electron chi connectivity index (χ0n) is 18.3. The molecule has 5 heteroatoms. The summed E-state index contributed by atoms with van der Waals surface area (Å²) in [6, 6.07) is 26.4. The Labute approximate surface area is 189 Å². The number of methoxy groups -OCH3 is 1. The maximum Gasteiger partial charge on any atom is 0.306 e. The summed E-state index contributed by atoms with van der Waals surface area (Å²) < 4.78 is 11.5. The van der Waals surface area contributed by atoms with Crippen molar-refractivity contribution in [3.8, 4) is 11.5 Å². The Morgan fingerprint density at radius 1 is 0.938 bits per heavy atom. The lowest BCUT2D eigenvalue weighted by Crippen LogP contribution is -2.39. The third-order valence-electron chi connectivity index (χ3n) is 6.08. The van der Waals surface area contributed by atoms with E-state index in [4.69, 9.17) is 9.47 Å². The van der Waals surface area contributed by atoms with Crippen LogP contribution in [0.15, 0.2) is 78.9 Å². The van der Waals surface area contributed by atoms with Crippen LogP contribution in [0.25, 0.3) is 0 Å². The molecule has 1 unspecified atom stereocenters. The van der Waals surface area contributed by atoms with Crippen molar-refractivity contribution in [3.05, 3.63) is 95.6 Å². The van der Waals surface area contributed by atoms with Crippen LogP contribution >= 0.6 is 0 Å². The predicted octanol–water partition coefficient (Wildman–Crippen LogP) is 5.16. The molecule has 3 aromatic carbocycles. The lowest BCUT2D eigenvalue weighted by molar-refractivity contribution is -0.143. The average Bonchev–Trinajstić information content (AvgIpc) is 2.84. The number of carboxylic acid groups (broad SMARTS) is 1. The molecule has 5 nitrogen and oxygen atoms in total. The number of aliphatic carboxylic acids is 1. The Morgan fingerprint density at radius 2 is 1.56 bits per heavy atom. The van der Waals surface area contributed by atoms with Crippen molar-refractivity contribution in [1.82, 2.24) is 4.90 Å². The van der Waals surface area contributed by atoms with Gasteiger partial charge in [-0.3, -0.25) is 9.69 Å². The molecule has 1 aliphatic heterocycles. The highest BCUT2D eigenvalue weighted by atomic mass is 16.5. The van der Waals surface area contributed by atoms with E-state index in [0.717, 1.165) is 41.3 Å². The minimum absolute atomic E-state index is 0.000111. The van der Waals surface area contributed by atoms with Crippen LogP contribution < -0.4 is 9.47 Å². The van der Waals surface area contributed by atoms with Crippen molar-refractivity contribution in [3.63, 3.8) is 0 Å². The number of carboxylic acids is 1. The van der Waals surface area contributed by atoms with Gasteiger partial charge in [0.15, 0.2) is 0 Å². The SMILES string of the molecule is COc1cccc(C(c2cccc(OCc3ccccc3)c2)N2CCC(C(=O)O)CC2)c1. The highest BCUT2D eigenvalue weighted by molar-refractivity contribution is 5.70. The standard InChI is InChI=1S/C27H29NO4/c1-31-24-11-5-9-22(17-24)26(28-15-13-21(14-16-28)27(29)30)23-10-6-12-25(18-23)32-19-20-7-3-2-4-8-20/h2-12,17-18,21,26H,13-16,19H2,1H3,(H,29,30). The van der Waals surface area contributed by atoms with E-state index in [2.05, 4.69) is 41.3 Å². The topological polar surface area (TPSA) is 59.0 Å². The molecule has 3 aromatic rings. The second kappa shape index (κ2) is 10.3. The summed E-state index contributed by atoms with van der Waals surface area (Å²) in [5.74, 6) is 0.667. The van der Waals surface area contributed by atoms with E-state index in [1.807, 2.05) is 42.5 Å². The molecule has 0 radical (unpaired) electrons. The van der Waals surface area contributed by atoms with E-state index in [9.17, 15) is 9.90 Å². The van der Waals surface area contributed by atoms with Gasteiger partial charge in [0.25, 0.3) is 0 Å². The fraction of sp³-hybridized carbons (Fsp3) is 0.296. The lowest BCUT2D eigenvalue weighted by atomic mass is 9.91. The predicted molar refractivity (Wildman–Crippen MR) is 124 cm³/mol. The third-order valence-corrected chi connectivity index (χ3v) is 6.08. The number of carbonyl (C=O) groups is 1. The van der Waals surface area contributed by atoms with Gasteiger partial charge in [0.2, 0.25) is 0 Å². The Hall–Kier alpha value is -3.31. The highest BCUT2D eigenvalue weighted by Gasteiger charge is 2.30. The van der Waals surface area contributed by atoms with Gasteiger partial charge in [-0.1, -0.05) is 54.6 Å². The first kappa shape index (κ1) is 21.9. The van der Waals surface area contributed by atoms with E-state index in [1.54, 1.807) is 7.11 Å². The van der Waals surface area contributed by atoms with Crippen molar-refractivity contribution in [2.75, 3.05) is 20.2 Å². The molecule has 0 aliphatic carbocycles. The molecule has 0 aromatic heterocycles. The first-order valence-corrected chi connectivity index (χ1v) is 11.0. The van der Waals surface area contributed by atoms with Gasteiger partial charge in [0.05, 0.1) is 19.1 Å². The molecule has 1 N–H and O–H groups in total.